The minimum absolute atomic E-state index is 0.0239. The molecule has 1 aliphatic heterocycles. The molecule has 0 bridgehead atoms. The van der Waals surface area contributed by atoms with E-state index in [1.165, 1.54) is 16.6 Å². The van der Waals surface area contributed by atoms with Gasteiger partial charge >= 0.3 is 0 Å². The Bertz CT molecular complexity index is 545. The highest BCUT2D eigenvalue weighted by Crippen LogP contribution is 2.21. The number of hydrogen-bond donors (Lipinski definition) is 1. The topological polar surface area (TPSA) is 79.7 Å². The number of hydrogen-bond acceptors (Lipinski definition) is 5. The van der Waals surface area contributed by atoms with E-state index in [1.807, 2.05) is 6.92 Å². The summed E-state index contributed by atoms with van der Waals surface area (Å²) >= 11 is 0. The molecule has 118 valence electrons. The van der Waals surface area contributed by atoms with Gasteiger partial charge in [-0.3, -0.25) is 0 Å². The number of aromatic nitrogens is 1. The van der Waals surface area contributed by atoms with Crippen molar-refractivity contribution in [3.63, 3.8) is 0 Å². The van der Waals surface area contributed by atoms with Crippen LogP contribution in [0.4, 0.5) is 0 Å². The van der Waals surface area contributed by atoms with Crippen LogP contribution in [0, 0.1) is 0 Å². The first-order valence-corrected chi connectivity index (χ1v) is 8.69. The third kappa shape index (κ3) is 4.00. The van der Waals surface area contributed by atoms with Gasteiger partial charge in [0.05, 0.1) is 12.7 Å². The lowest BCUT2D eigenvalue weighted by molar-refractivity contribution is 0.0193. The van der Waals surface area contributed by atoms with Crippen LogP contribution in [0.5, 0.6) is 0 Å². The molecule has 0 aromatic carbocycles. The second-order valence-corrected chi connectivity index (χ2v) is 7.05. The molecule has 0 spiro atoms. The lowest BCUT2D eigenvalue weighted by Crippen LogP contribution is -2.43. The Hall–Kier alpha value is -1.02. The third-order valence-corrected chi connectivity index (χ3v) is 5.26. The molecular weight excluding hydrogens is 292 g/mol. The first kappa shape index (κ1) is 16.4. The van der Waals surface area contributed by atoms with Gasteiger partial charge in [-0.2, -0.15) is 4.31 Å². The molecule has 1 N–H and O–H groups in total. The van der Waals surface area contributed by atoms with E-state index in [-0.39, 0.29) is 17.7 Å². The van der Waals surface area contributed by atoms with Crippen LogP contribution in [0.2, 0.25) is 0 Å². The highest BCUT2D eigenvalue weighted by atomic mass is 32.2. The van der Waals surface area contributed by atoms with Gasteiger partial charge < -0.3 is 9.84 Å². The summed E-state index contributed by atoms with van der Waals surface area (Å²) in [5, 5.41) is 9.00. The van der Waals surface area contributed by atoms with Crippen LogP contribution in [0.1, 0.15) is 31.7 Å². The normalized spacial score (nSPS) is 20.6. The molecule has 0 radical (unpaired) electrons. The summed E-state index contributed by atoms with van der Waals surface area (Å²) in [6.45, 7) is 3.42. The zero-order valence-electron chi connectivity index (χ0n) is 12.2. The van der Waals surface area contributed by atoms with Crippen molar-refractivity contribution in [2.75, 3.05) is 19.7 Å². The van der Waals surface area contributed by atoms with Gasteiger partial charge in [0.25, 0.3) is 10.0 Å². The number of nitrogens with zero attached hydrogens (tertiary/aromatic N) is 2. The molecule has 2 heterocycles. The maximum atomic E-state index is 12.6. The predicted molar refractivity (Wildman–Crippen MR) is 78.2 cm³/mol. The van der Waals surface area contributed by atoms with Crippen molar-refractivity contribution in [3.8, 4) is 0 Å². The van der Waals surface area contributed by atoms with Gasteiger partial charge in [0, 0.05) is 25.9 Å². The predicted octanol–water partition coefficient (Wildman–Crippen LogP) is 1.15. The van der Waals surface area contributed by atoms with Gasteiger partial charge in [-0.15, -0.1) is 0 Å². The smallest absolute Gasteiger partial charge is 0.260 e. The SMILES string of the molecule is CCCOC1CCCN(S(=O)(=O)c2ccc(CO)cn2)C1. The summed E-state index contributed by atoms with van der Waals surface area (Å²) in [6, 6.07) is 3.02. The average Bonchev–Trinajstić information content (AvgIpc) is 2.53. The van der Waals surface area contributed by atoms with Crippen LogP contribution < -0.4 is 0 Å². The monoisotopic (exact) mass is 314 g/mol. The maximum absolute atomic E-state index is 12.6. The molecular formula is C14H22N2O4S. The van der Waals surface area contributed by atoms with Gasteiger partial charge in [0.1, 0.15) is 0 Å². The van der Waals surface area contributed by atoms with E-state index in [9.17, 15) is 8.42 Å². The molecule has 1 aliphatic rings. The van der Waals surface area contributed by atoms with E-state index in [0.29, 0.717) is 25.3 Å². The van der Waals surface area contributed by atoms with E-state index >= 15 is 0 Å². The first-order valence-electron chi connectivity index (χ1n) is 7.25. The summed E-state index contributed by atoms with van der Waals surface area (Å²) < 4.78 is 32.2. The second-order valence-electron chi connectivity index (χ2n) is 5.16. The molecule has 21 heavy (non-hydrogen) atoms. The number of ether oxygens (including phenoxy) is 1. The number of aliphatic hydroxyl groups excluding tert-OH is 1. The number of sulfonamides is 1. The minimum atomic E-state index is -3.58. The van der Waals surface area contributed by atoms with Gasteiger partial charge in [-0.1, -0.05) is 13.0 Å². The summed E-state index contributed by atoms with van der Waals surface area (Å²) in [4.78, 5) is 3.95. The number of pyridine rings is 1. The zero-order chi connectivity index (χ0) is 15.3. The van der Waals surface area contributed by atoms with Crippen LogP contribution in [0.3, 0.4) is 0 Å². The van der Waals surface area contributed by atoms with Crippen LogP contribution in [-0.4, -0.2) is 48.6 Å². The van der Waals surface area contributed by atoms with Gasteiger partial charge in [0.15, 0.2) is 5.03 Å². The summed E-state index contributed by atoms with van der Waals surface area (Å²) in [7, 11) is -3.58. The van der Waals surface area contributed by atoms with Crippen molar-refractivity contribution in [3.05, 3.63) is 23.9 Å². The highest BCUT2D eigenvalue weighted by Gasteiger charge is 2.31. The average molecular weight is 314 g/mol. The number of piperidine rings is 1. The van der Waals surface area contributed by atoms with Crippen molar-refractivity contribution < 1.29 is 18.3 Å². The molecule has 0 aliphatic carbocycles. The molecule has 1 aromatic rings. The molecule has 1 atom stereocenters. The summed E-state index contributed by atoms with van der Waals surface area (Å²) in [5.41, 5.74) is 0.594. The number of rotatable bonds is 6. The standard InChI is InChI=1S/C14H22N2O4S/c1-2-8-20-13-4-3-7-16(10-13)21(18,19)14-6-5-12(11-17)9-15-14/h5-6,9,13,17H,2-4,7-8,10-11H2,1H3. The molecule has 6 nitrogen and oxygen atoms in total. The zero-order valence-corrected chi connectivity index (χ0v) is 13.1. The van der Waals surface area contributed by atoms with Gasteiger partial charge in [-0.25, -0.2) is 13.4 Å². The van der Waals surface area contributed by atoms with Crippen LogP contribution in [0.25, 0.3) is 0 Å². The van der Waals surface area contributed by atoms with E-state index in [4.69, 9.17) is 9.84 Å². The molecule has 0 saturated carbocycles. The first-order chi connectivity index (χ1) is 10.1. The van der Waals surface area contributed by atoms with E-state index in [2.05, 4.69) is 4.98 Å². The molecule has 1 unspecified atom stereocenters. The quantitative estimate of drug-likeness (QED) is 0.852. The molecule has 1 fully saturated rings. The largest absolute Gasteiger partial charge is 0.392 e. The Morgan fingerprint density at radius 1 is 1.48 bits per heavy atom. The Morgan fingerprint density at radius 2 is 2.29 bits per heavy atom. The number of aliphatic hydroxyl groups is 1. The van der Waals surface area contributed by atoms with Crippen LogP contribution >= 0.6 is 0 Å². The minimum Gasteiger partial charge on any atom is -0.392 e. The lowest BCUT2D eigenvalue weighted by atomic mass is 10.1. The van der Waals surface area contributed by atoms with Crippen molar-refractivity contribution in [1.82, 2.24) is 9.29 Å². The van der Waals surface area contributed by atoms with E-state index in [0.717, 1.165) is 19.3 Å². The molecule has 2 rings (SSSR count). The second kappa shape index (κ2) is 7.31. The molecule has 7 heteroatoms. The van der Waals surface area contributed by atoms with E-state index < -0.39 is 10.0 Å². The third-order valence-electron chi connectivity index (χ3n) is 3.48. The van der Waals surface area contributed by atoms with Gasteiger partial charge in [0.2, 0.25) is 0 Å². The fraction of sp³-hybridized carbons (Fsp3) is 0.643. The van der Waals surface area contributed by atoms with Crippen LogP contribution in [0.15, 0.2) is 23.4 Å². The van der Waals surface area contributed by atoms with Crippen molar-refractivity contribution >= 4 is 10.0 Å². The Kier molecular flexibility index (Phi) is 5.69. The summed E-state index contributed by atoms with van der Waals surface area (Å²) in [5.74, 6) is 0. The molecule has 1 saturated heterocycles. The van der Waals surface area contributed by atoms with Crippen molar-refractivity contribution in [2.45, 2.75) is 43.9 Å². The van der Waals surface area contributed by atoms with Gasteiger partial charge in [-0.05, 0) is 30.9 Å². The fourth-order valence-corrected chi connectivity index (χ4v) is 3.76. The Morgan fingerprint density at radius 3 is 2.90 bits per heavy atom. The lowest BCUT2D eigenvalue weighted by Gasteiger charge is -2.31. The van der Waals surface area contributed by atoms with Crippen molar-refractivity contribution in [1.29, 1.82) is 0 Å². The van der Waals surface area contributed by atoms with Crippen molar-refractivity contribution in [2.24, 2.45) is 0 Å². The fourth-order valence-electron chi connectivity index (χ4n) is 2.33. The van der Waals surface area contributed by atoms with E-state index in [1.54, 1.807) is 6.07 Å². The molecule has 1 aromatic heterocycles. The molecule has 0 amide bonds. The highest BCUT2D eigenvalue weighted by molar-refractivity contribution is 7.89. The Balaban J connectivity index is 2.10. The summed E-state index contributed by atoms with van der Waals surface area (Å²) in [6.07, 6.45) is 3.96. The maximum Gasteiger partial charge on any atom is 0.260 e. The Labute approximate surface area is 125 Å². The van der Waals surface area contributed by atoms with Crippen LogP contribution in [-0.2, 0) is 21.4 Å².